The molecule has 0 heterocycles. The predicted molar refractivity (Wildman–Crippen MR) is 101 cm³/mol. The van der Waals surface area contributed by atoms with Crippen LogP contribution in [0.2, 0.25) is 10.0 Å². The van der Waals surface area contributed by atoms with E-state index in [4.69, 9.17) is 28.4 Å². The topological polar surface area (TPSA) is 64.6 Å². The number of carbonyl (C=O) groups is 1. The fourth-order valence-electron chi connectivity index (χ4n) is 2.55. The number of hydrogen-bond donors (Lipinski definition) is 3. The second-order valence-corrected chi connectivity index (χ2v) is 6.66. The molecule has 1 amide bonds. The Morgan fingerprint density at radius 2 is 1.64 bits per heavy atom. The fourth-order valence-corrected chi connectivity index (χ4v) is 3.08. The van der Waals surface area contributed by atoms with Gasteiger partial charge < -0.3 is 15.4 Å². The second-order valence-electron chi connectivity index (χ2n) is 5.79. The summed E-state index contributed by atoms with van der Waals surface area (Å²) in [5.41, 5.74) is 4.51. The van der Waals surface area contributed by atoms with Crippen molar-refractivity contribution in [3.05, 3.63) is 58.1 Å². The van der Waals surface area contributed by atoms with Crippen LogP contribution >= 0.6 is 23.2 Å². The van der Waals surface area contributed by atoms with E-state index in [-0.39, 0.29) is 11.9 Å². The third-order valence-electron chi connectivity index (χ3n) is 4.19. The maximum atomic E-state index is 12.6. The van der Waals surface area contributed by atoms with Crippen molar-refractivity contribution in [2.45, 2.75) is 19.1 Å². The Bertz CT molecular complexity index is 713. The van der Waals surface area contributed by atoms with Gasteiger partial charge in [-0.05, 0) is 55.4 Å². The lowest BCUT2D eigenvalue weighted by Crippen LogP contribution is -2.54. The van der Waals surface area contributed by atoms with E-state index >= 15 is 0 Å². The van der Waals surface area contributed by atoms with Gasteiger partial charge in [0.25, 0.3) is 5.91 Å². The molecule has 2 atom stereocenters. The van der Waals surface area contributed by atoms with Crippen molar-refractivity contribution in [2.75, 3.05) is 14.1 Å². The maximum absolute atomic E-state index is 12.6. The van der Waals surface area contributed by atoms with Gasteiger partial charge in [0.1, 0.15) is 6.17 Å². The van der Waals surface area contributed by atoms with Crippen molar-refractivity contribution < 1.29 is 10.0 Å². The van der Waals surface area contributed by atoms with Gasteiger partial charge in [0.15, 0.2) is 0 Å². The van der Waals surface area contributed by atoms with E-state index in [0.29, 0.717) is 15.6 Å². The van der Waals surface area contributed by atoms with E-state index in [0.717, 1.165) is 11.1 Å². The van der Waals surface area contributed by atoms with Crippen LogP contribution in [0.25, 0.3) is 11.1 Å². The summed E-state index contributed by atoms with van der Waals surface area (Å²) in [6.45, 7) is 1.84. The Kier molecular flexibility index (Phi) is 6.81. The first kappa shape index (κ1) is 19.7. The van der Waals surface area contributed by atoms with Crippen LogP contribution in [0.4, 0.5) is 0 Å². The first-order valence-electron chi connectivity index (χ1n) is 7.78. The average Bonchev–Trinajstić information content (AvgIpc) is 2.60. The Labute approximate surface area is 157 Å². The highest BCUT2D eigenvalue weighted by molar-refractivity contribution is 6.35. The minimum atomic E-state index is -0.429. The van der Waals surface area contributed by atoms with Gasteiger partial charge in [-0.15, -0.1) is 0 Å². The normalized spacial score (nSPS) is 13.4. The summed E-state index contributed by atoms with van der Waals surface area (Å²) in [6, 6.07) is 12.3. The van der Waals surface area contributed by atoms with Crippen LogP contribution in [0.1, 0.15) is 17.3 Å². The SMILES string of the molecule is CNC(NO)C(C)N(C)C(=O)c1ccc(-c2cc(Cl)cc(Cl)c2)cc1. The standard InChI is InChI=1S/C18H21Cl2N3O2/c1-11(17(21-2)22-25)23(3)18(24)13-6-4-12(5-7-13)14-8-15(19)10-16(20)9-14/h4-11,17,21-22,25H,1-3H3. The number of likely N-dealkylation sites (N-methyl/N-ethyl adjacent to an activating group) is 2. The van der Waals surface area contributed by atoms with Crippen LogP contribution in [0.5, 0.6) is 0 Å². The van der Waals surface area contributed by atoms with Crippen molar-refractivity contribution in [1.29, 1.82) is 0 Å². The minimum Gasteiger partial charge on any atom is -0.336 e. The Morgan fingerprint density at radius 3 is 2.12 bits per heavy atom. The zero-order valence-electron chi connectivity index (χ0n) is 14.3. The lowest BCUT2D eigenvalue weighted by molar-refractivity contribution is 0.0493. The fraction of sp³-hybridized carbons (Fsp3) is 0.278. The summed E-state index contributed by atoms with van der Waals surface area (Å²) >= 11 is 12.1. The number of nitrogens with zero attached hydrogens (tertiary/aromatic N) is 1. The maximum Gasteiger partial charge on any atom is 0.253 e. The quantitative estimate of drug-likeness (QED) is 0.527. The first-order valence-corrected chi connectivity index (χ1v) is 8.53. The third-order valence-corrected chi connectivity index (χ3v) is 4.63. The van der Waals surface area contributed by atoms with Crippen molar-refractivity contribution in [1.82, 2.24) is 15.7 Å². The van der Waals surface area contributed by atoms with E-state index in [1.54, 1.807) is 37.2 Å². The third kappa shape index (κ3) is 4.71. The molecule has 2 unspecified atom stereocenters. The predicted octanol–water partition coefficient (Wildman–Crippen LogP) is 3.65. The molecule has 0 bridgehead atoms. The molecule has 2 aromatic carbocycles. The van der Waals surface area contributed by atoms with Crippen LogP contribution in [-0.2, 0) is 0 Å². The van der Waals surface area contributed by atoms with Crippen LogP contribution in [0.15, 0.2) is 42.5 Å². The Morgan fingerprint density at radius 1 is 1.08 bits per heavy atom. The Hall–Kier alpha value is -1.63. The van der Waals surface area contributed by atoms with E-state index < -0.39 is 6.17 Å². The molecule has 134 valence electrons. The molecule has 0 aliphatic rings. The number of hydroxylamine groups is 1. The highest BCUT2D eigenvalue weighted by Crippen LogP contribution is 2.27. The number of carbonyl (C=O) groups excluding carboxylic acids is 1. The van der Waals surface area contributed by atoms with Crippen LogP contribution in [-0.4, -0.2) is 42.3 Å². The zero-order valence-corrected chi connectivity index (χ0v) is 15.8. The monoisotopic (exact) mass is 381 g/mol. The van der Waals surface area contributed by atoms with E-state index in [1.165, 1.54) is 0 Å². The first-order chi connectivity index (χ1) is 11.9. The molecule has 0 aromatic heterocycles. The summed E-state index contributed by atoms with van der Waals surface area (Å²) in [5.74, 6) is -0.140. The second kappa shape index (κ2) is 8.65. The number of rotatable bonds is 6. The van der Waals surface area contributed by atoms with Gasteiger partial charge in [-0.3, -0.25) is 4.79 Å². The molecule has 0 saturated heterocycles. The van der Waals surface area contributed by atoms with Gasteiger partial charge in [-0.1, -0.05) is 35.3 Å². The molecular weight excluding hydrogens is 361 g/mol. The van der Waals surface area contributed by atoms with Gasteiger partial charge >= 0.3 is 0 Å². The van der Waals surface area contributed by atoms with Gasteiger partial charge in [0.05, 0.1) is 6.04 Å². The van der Waals surface area contributed by atoms with Crippen LogP contribution in [0.3, 0.4) is 0 Å². The average molecular weight is 382 g/mol. The van der Waals surface area contributed by atoms with Gasteiger partial charge in [0.2, 0.25) is 0 Å². The number of amides is 1. The molecule has 0 saturated carbocycles. The molecular formula is C18H21Cl2N3O2. The Balaban J connectivity index is 2.20. The zero-order chi connectivity index (χ0) is 18.6. The minimum absolute atomic E-state index is 0.140. The van der Waals surface area contributed by atoms with Gasteiger partial charge in [-0.2, -0.15) is 5.48 Å². The largest absolute Gasteiger partial charge is 0.336 e. The number of benzene rings is 2. The molecule has 7 heteroatoms. The summed E-state index contributed by atoms with van der Waals surface area (Å²) < 4.78 is 0. The number of nitrogens with one attached hydrogen (secondary N) is 2. The number of halogens is 2. The lowest BCUT2D eigenvalue weighted by atomic mass is 10.0. The molecule has 0 aliphatic carbocycles. The summed E-state index contributed by atoms with van der Waals surface area (Å²) in [7, 11) is 3.40. The number of hydrogen-bond acceptors (Lipinski definition) is 4. The van der Waals surface area contributed by atoms with Crippen LogP contribution < -0.4 is 10.8 Å². The van der Waals surface area contributed by atoms with E-state index in [1.807, 2.05) is 31.2 Å². The summed E-state index contributed by atoms with van der Waals surface area (Å²) in [6.07, 6.45) is -0.429. The van der Waals surface area contributed by atoms with Crippen molar-refractivity contribution >= 4 is 29.1 Å². The van der Waals surface area contributed by atoms with Crippen LogP contribution in [0, 0.1) is 0 Å². The van der Waals surface area contributed by atoms with Crippen molar-refractivity contribution in [2.24, 2.45) is 0 Å². The molecule has 0 aliphatic heterocycles. The van der Waals surface area contributed by atoms with Gasteiger partial charge in [0, 0.05) is 22.7 Å². The highest BCUT2D eigenvalue weighted by atomic mass is 35.5. The molecule has 0 radical (unpaired) electrons. The van der Waals surface area contributed by atoms with Gasteiger partial charge in [-0.25, -0.2) is 0 Å². The van der Waals surface area contributed by atoms with E-state index in [2.05, 4.69) is 10.8 Å². The highest BCUT2D eigenvalue weighted by Gasteiger charge is 2.23. The van der Waals surface area contributed by atoms with Crippen molar-refractivity contribution in [3.63, 3.8) is 0 Å². The van der Waals surface area contributed by atoms with E-state index in [9.17, 15) is 4.79 Å². The molecule has 2 aromatic rings. The molecule has 0 spiro atoms. The van der Waals surface area contributed by atoms with Crippen molar-refractivity contribution in [3.8, 4) is 11.1 Å². The summed E-state index contributed by atoms with van der Waals surface area (Å²) in [5, 5.41) is 13.2. The lowest BCUT2D eigenvalue weighted by Gasteiger charge is -2.31. The molecule has 0 fully saturated rings. The molecule has 3 N–H and O–H groups in total. The molecule has 25 heavy (non-hydrogen) atoms. The molecule has 2 rings (SSSR count). The molecule has 5 nitrogen and oxygen atoms in total. The summed E-state index contributed by atoms with van der Waals surface area (Å²) in [4.78, 5) is 14.2. The smallest absolute Gasteiger partial charge is 0.253 e.